The van der Waals surface area contributed by atoms with Crippen LogP contribution in [0.1, 0.15) is 22.3 Å². The Morgan fingerprint density at radius 2 is 0.767 bits per heavy atom. The normalized spacial score (nSPS) is 10.5. The summed E-state index contributed by atoms with van der Waals surface area (Å²) in [6, 6.07) is 37.1. The Balaban J connectivity index is 1.40. The predicted molar refractivity (Wildman–Crippen MR) is 122 cm³/mol. The third kappa shape index (κ3) is 5.51. The van der Waals surface area contributed by atoms with Crippen molar-refractivity contribution in [3.8, 4) is 11.5 Å². The molecule has 0 spiro atoms. The van der Waals surface area contributed by atoms with E-state index in [0.717, 1.165) is 24.3 Å². The molecule has 0 heterocycles. The van der Waals surface area contributed by atoms with Gasteiger partial charge in [-0.15, -0.1) is 0 Å². The number of rotatable bonds is 9. The van der Waals surface area contributed by atoms with Gasteiger partial charge in [0, 0.05) is 0 Å². The summed E-state index contributed by atoms with van der Waals surface area (Å²) in [7, 11) is 0. The predicted octanol–water partition coefficient (Wildman–Crippen LogP) is 6.63. The van der Waals surface area contributed by atoms with Gasteiger partial charge in [0.25, 0.3) is 0 Å². The van der Waals surface area contributed by atoms with E-state index in [0.29, 0.717) is 13.2 Å². The van der Waals surface area contributed by atoms with E-state index >= 15 is 0 Å². The van der Waals surface area contributed by atoms with Gasteiger partial charge in [-0.25, -0.2) is 0 Å². The van der Waals surface area contributed by atoms with Gasteiger partial charge in [-0.05, 0) is 47.2 Å². The molecule has 2 nitrogen and oxygen atoms in total. The molecule has 0 fully saturated rings. The van der Waals surface area contributed by atoms with E-state index in [1.54, 1.807) is 0 Å². The molecule has 2 heteroatoms. The van der Waals surface area contributed by atoms with E-state index in [1.807, 2.05) is 48.5 Å². The first kappa shape index (κ1) is 19.8. The number of hydrogen-bond acceptors (Lipinski definition) is 2. The summed E-state index contributed by atoms with van der Waals surface area (Å²) in [5, 5.41) is 0. The molecule has 30 heavy (non-hydrogen) atoms. The summed E-state index contributed by atoms with van der Waals surface area (Å²) >= 11 is 0. The van der Waals surface area contributed by atoms with Crippen molar-refractivity contribution in [3.63, 3.8) is 0 Å². The zero-order valence-electron chi connectivity index (χ0n) is 17.0. The number of aryl methyl sites for hydroxylation is 2. The van der Waals surface area contributed by atoms with Crippen molar-refractivity contribution in [1.29, 1.82) is 0 Å². The van der Waals surface area contributed by atoms with Crippen molar-refractivity contribution in [2.45, 2.75) is 26.1 Å². The standard InChI is InChI=1S/C28H26O2/c1-3-11-23(12-4-1)21-29-27-17-9-7-15-25(27)19-20-26-16-8-10-18-28(26)30-22-24-13-5-2-6-14-24/h1-18H,19-22H2. The molecule has 0 amide bonds. The van der Waals surface area contributed by atoms with E-state index in [4.69, 9.17) is 9.47 Å². The lowest BCUT2D eigenvalue weighted by Gasteiger charge is -2.14. The van der Waals surface area contributed by atoms with E-state index in [-0.39, 0.29) is 0 Å². The fraction of sp³-hybridized carbons (Fsp3) is 0.143. The molecule has 0 aliphatic rings. The minimum atomic E-state index is 0.578. The van der Waals surface area contributed by atoms with Crippen LogP contribution < -0.4 is 9.47 Å². The van der Waals surface area contributed by atoms with E-state index in [1.165, 1.54) is 22.3 Å². The summed E-state index contributed by atoms with van der Waals surface area (Å²) in [6.07, 6.45) is 1.80. The van der Waals surface area contributed by atoms with Gasteiger partial charge >= 0.3 is 0 Å². The zero-order chi connectivity index (χ0) is 20.4. The molecule has 0 aromatic heterocycles. The number of hydrogen-bond donors (Lipinski definition) is 0. The highest BCUT2D eigenvalue weighted by atomic mass is 16.5. The first-order valence-electron chi connectivity index (χ1n) is 10.4. The smallest absolute Gasteiger partial charge is 0.123 e. The van der Waals surface area contributed by atoms with Crippen LogP contribution in [-0.2, 0) is 26.1 Å². The van der Waals surface area contributed by atoms with Gasteiger partial charge in [-0.3, -0.25) is 0 Å². The second-order valence-electron chi connectivity index (χ2n) is 7.26. The molecule has 0 saturated carbocycles. The molecule has 0 atom stereocenters. The molecule has 4 aromatic carbocycles. The topological polar surface area (TPSA) is 18.5 Å². The first-order valence-corrected chi connectivity index (χ1v) is 10.4. The Labute approximate surface area is 178 Å². The van der Waals surface area contributed by atoms with Gasteiger partial charge in [0.2, 0.25) is 0 Å². The monoisotopic (exact) mass is 394 g/mol. The minimum Gasteiger partial charge on any atom is -0.489 e. The van der Waals surface area contributed by atoms with Crippen molar-refractivity contribution >= 4 is 0 Å². The van der Waals surface area contributed by atoms with Gasteiger partial charge in [-0.2, -0.15) is 0 Å². The summed E-state index contributed by atoms with van der Waals surface area (Å²) in [5.74, 6) is 1.90. The number of para-hydroxylation sites is 2. The van der Waals surface area contributed by atoms with Crippen LogP contribution in [0.15, 0.2) is 109 Å². The van der Waals surface area contributed by atoms with Crippen LogP contribution in [0, 0.1) is 0 Å². The van der Waals surface area contributed by atoms with Crippen LogP contribution >= 0.6 is 0 Å². The van der Waals surface area contributed by atoms with E-state index in [2.05, 4.69) is 60.7 Å². The Morgan fingerprint density at radius 3 is 1.20 bits per heavy atom. The largest absolute Gasteiger partial charge is 0.489 e. The second-order valence-corrected chi connectivity index (χ2v) is 7.26. The molecular weight excluding hydrogens is 368 g/mol. The van der Waals surface area contributed by atoms with Crippen molar-refractivity contribution in [3.05, 3.63) is 131 Å². The third-order valence-electron chi connectivity index (χ3n) is 5.08. The van der Waals surface area contributed by atoms with Gasteiger partial charge in [0.1, 0.15) is 24.7 Å². The van der Waals surface area contributed by atoms with Crippen molar-refractivity contribution in [2.24, 2.45) is 0 Å². The number of benzene rings is 4. The van der Waals surface area contributed by atoms with Gasteiger partial charge in [0.15, 0.2) is 0 Å². The molecule has 0 saturated heterocycles. The third-order valence-corrected chi connectivity index (χ3v) is 5.08. The Kier molecular flexibility index (Phi) is 6.80. The first-order chi connectivity index (χ1) is 14.9. The van der Waals surface area contributed by atoms with Crippen molar-refractivity contribution in [1.82, 2.24) is 0 Å². The molecule has 0 unspecified atom stereocenters. The maximum absolute atomic E-state index is 6.12. The molecule has 4 rings (SSSR count). The van der Waals surface area contributed by atoms with Crippen molar-refractivity contribution < 1.29 is 9.47 Å². The maximum Gasteiger partial charge on any atom is 0.123 e. The van der Waals surface area contributed by atoms with E-state index < -0.39 is 0 Å². The number of ether oxygens (including phenoxy) is 2. The van der Waals surface area contributed by atoms with Gasteiger partial charge < -0.3 is 9.47 Å². The van der Waals surface area contributed by atoms with Crippen LogP contribution in [0.3, 0.4) is 0 Å². The molecule has 0 bridgehead atoms. The maximum atomic E-state index is 6.12. The summed E-state index contributed by atoms with van der Waals surface area (Å²) < 4.78 is 12.2. The molecule has 0 N–H and O–H groups in total. The van der Waals surface area contributed by atoms with Crippen molar-refractivity contribution in [2.75, 3.05) is 0 Å². The Hall–Kier alpha value is -3.52. The lowest BCUT2D eigenvalue weighted by atomic mass is 10.0. The Bertz CT molecular complexity index is 955. The van der Waals surface area contributed by atoms with Crippen LogP contribution in [0.4, 0.5) is 0 Å². The molecule has 150 valence electrons. The molecule has 4 aromatic rings. The molecular formula is C28H26O2. The quantitative estimate of drug-likeness (QED) is 0.317. The SMILES string of the molecule is c1ccc(COc2ccccc2CCc2ccccc2OCc2ccccc2)cc1. The highest BCUT2D eigenvalue weighted by Crippen LogP contribution is 2.25. The molecule has 0 aliphatic heterocycles. The lowest BCUT2D eigenvalue weighted by molar-refractivity contribution is 0.300. The molecule has 0 aliphatic carbocycles. The summed E-state index contributed by atoms with van der Waals surface area (Å²) in [5.41, 5.74) is 4.77. The van der Waals surface area contributed by atoms with Gasteiger partial charge in [-0.1, -0.05) is 97.1 Å². The fourth-order valence-electron chi connectivity index (χ4n) is 3.44. The average molecular weight is 395 g/mol. The van der Waals surface area contributed by atoms with Crippen LogP contribution in [0.2, 0.25) is 0 Å². The molecule has 0 radical (unpaired) electrons. The Morgan fingerprint density at radius 1 is 0.400 bits per heavy atom. The van der Waals surface area contributed by atoms with Crippen LogP contribution in [-0.4, -0.2) is 0 Å². The van der Waals surface area contributed by atoms with Gasteiger partial charge in [0.05, 0.1) is 0 Å². The average Bonchev–Trinajstić information content (AvgIpc) is 2.82. The highest BCUT2D eigenvalue weighted by Gasteiger charge is 2.08. The zero-order valence-corrected chi connectivity index (χ0v) is 17.0. The minimum absolute atomic E-state index is 0.578. The van der Waals surface area contributed by atoms with Crippen LogP contribution in [0.25, 0.3) is 0 Å². The summed E-state index contributed by atoms with van der Waals surface area (Å²) in [4.78, 5) is 0. The second kappa shape index (κ2) is 10.3. The van der Waals surface area contributed by atoms with E-state index in [9.17, 15) is 0 Å². The summed E-state index contributed by atoms with van der Waals surface area (Å²) in [6.45, 7) is 1.16. The fourth-order valence-corrected chi connectivity index (χ4v) is 3.44. The highest BCUT2D eigenvalue weighted by molar-refractivity contribution is 5.38. The lowest BCUT2D eigenvalue weighted by Crippen LogP contribution is -2.02. The van der Waals surface area contributed by atoms with Crippen LogP contribution in [0.5, 0.6) is 11.5 Å².